The lowest BCUT2D eigenvalue weighted by Gasteiger charge is -2.21. The molecule has 11 heteroatoms. The zero-order chi connectivity index (χ0) is 22.5. The number of nitrogens with zero attached hydrogens (tertiary/aromatic N) is 4. The molecule has 1 aliphatic heterocycles. The number of halogens is 1. The average Bonchev–Trinajstić information content (AvgIpc) is 3.25. The van der Waals surface area contributed by atoms with Gasteiger partial charge in [-0.2, -0.15) is 0 Å². The Morgan fingerprint density at radius 2 is 2.03 bits per heavy atom. The van der Waals surface area contributed by atoms with E-state index < -0.39 is 0 Å². The fourth-order valence-electron chi connectivity index (χ4n) is 3.47. The third-order valence-electron chi connectivity index (χ3n) is 5.16. The maximum Gasteiger partial charge on any atom is 0.295 e. The van der Waals surface area contributed by atoms with E-state index in [4.69, 9.17) is 21.1 Å². The van der Waals surface area contributed by atoms with Gasteiger partial charge in [0.25, 0.3) is 11.1 Å². The fourth-order valence-corrected chi connectivity index (χ4v) is 4.23. The lowest BCUT2D eigenvalue weighted by atomic mass is 9.99. The molecule has 0 radical (unpaired) electrons. The number of carbonyl (C=O) groups is 1. The highest BCUT2D eigenvalue weighted by molar-refractivity contribution is 7.17. The highest BCUT2D eigenvalue weighted by atomic mass is 35.5. The van der Waals surface area contributed by atoms with Gasteiger partial charge in [-0.15, -0.1) is 5.10 Å². The normalized spacial score (nSPS) is 14.2. The predicted molar refractivity (Wildman–Crippen MR) is 123 cm³/mol. The molecule has 32 heavy (non-hydrogen) atoms. The molecule has 0 aromatic carbocycles. The Labute approximate surface area is 194 Å². The van der Waals surface area contributed by atoms with Crippen LogP contribution in [-0.2, 0) is 0 Å². The summed E-state index contributed by atoms with van der Waals surface area (Å²) < 4.78 is 11.2. The Morgan fingerprint density at radius 3 is 2.81 bits per heavy atom. The van der Waals surface area contributed by atoms with E-state index in [1.807, 2.05) is 6.92 Å². The summed E-state index contributed by atoms with van der Waals surface area (Å²) in [6, 6.07) is 3.46. The largest absolute Gasteiger partial charge is 0.494 e. The summed E-state index contributed by atoms with van der Waals surface area (Å²) in [7, 11) is 1.54. The molecule has 1 saturated heterocycles. The van der Waals surface area contributed by atoms with Crippen molar-refractivity contribution in [1.82, 2.24) is 25.5 Å². The van der Waals surface area contributed by atoms with Crippen LogP contribution in [0.25, 0.3) is 11.1 Å². The number of anilines is 1. The van der Waals surface area contributed by atoms with Crippen LogP contribution in [0.15, 0.2) is 24.5 Å². The van der Waals surface area contributed by atoms with Gasteiger partial charge in [-0.3, -0.25) is 15.1 Å². The molecule has 1 fully saturated rings. The fraction of sp³-hybridized carbons (Fsp3) is 0.381. The Bertz CT molecular complexity index is 1100. The van der Waals surface area contributed by atoms with E-state index in [1.54, 1.807) is 12.1 Å². The number of amides is 1. The molecule has 0 unspecified atom stereocenters. The van der Waals surface area contributed by atoms with Gasteiger partial charge < -0.3 is 14.8 Å². The Kier molecular flexibility index (Phi) is 7.13. The minimum atomic E-state index is -0.372. The maximum atomic E-state index is 13.1. The molecule has 3 aromatic heterocycles. The number of aromatic nitrogens is 4. The summed E-state index contributed by atoms with van der Waals surface area (Å²) in [4.78, 5) is 21.4. The summed E-state index contributed by atoms with van der Waals surface area (Å²) in [5.41, 5.74) is 2.37. The number of carbonyl (C=O) groups excluding carboxylic acids is 1. The van der Waals surface area contributed by atoms with Crippen LogP contribution < -0.4 is 20.1 Å². The van der Waals surface area contributed by atoms with Crippen LogP contribution in [-0.4, -0.2) is 52.9 Å². The second-order valence-electron chi connectivity index (χ2n) is 7.41. The van der Waals surface area contributed by atoms with Gasteiger partial charge in [0.15, 0.2) is 0 Å². The highest BCUT2D eigenvalue weighted by Crippen LogP contribution is 2.34. The van der Waals surface area contributed by atoms with Crippen LogP contribution in [0.5, 0.6) is 10.9 Å². The van der Waals surface area contributed by atoms with Gasteiger partial charge in [0.2, 0.25) is 5.13 Å². The summed E-state index contributed by atoms with van der Waals surface area (Å²) in [6.45, 7) is 4.45. The van der Waals surface area contributed by atoms with Crippen molar-refractivity contribution in [2.24, 2.45) is 5.92 Å². The van der Waals surface area contributed by atoms with Gasteiger partial charge >= 0.3 is 0 Å². The van der Waals surface area contributed by atoms with E-state index >= 15 is 0 Å². The van der Waals surface area contributed by atoms with E-state index in [0.29, 0.717) is 50.4 Å². The number of rotatable bonds is 7. The van der Waals surface area contributed by atoms with E-state index in [0.717, 1.165) is 31.6 Å². The first-order valence-corrected chi connectivity index (χ1v) is 11.4. The molecule has 168 valence electrons. The minimum absolute atomic E-state index is 0.293. The molecule has 0 atom stereocenters. The molecular formula is C21H23ClN6O3S. The lowest BCUT2D eigenvalue weighted by molar-refractivity contribution is 0.102. The SMILES string of the molecule is COc1cnc(Cl)cc1-c1cc(C)ncc1C(=O)Nc1nnc(OCC2CCNCC2)s1. The predicted octanol–water partition coefficient (Wildman–Crippen LogP) is 3.60. The van der Waals surface area contributed by atoms with Crippen molar-refractivity contribution in [3.63, 3.8) is 0 Å². The van der Waals surface area contributed by atoms with E-state index in [2.05, 4.69) is 30.8 Å². The van der Waals surface area contributed by atoms with Gasteiger partial charge in [-0.05, 0) is 62.2 Å². The number of methoxy groups -OCH3 is 1. The van der Waals surface area contributed by atoms with Gasteiger partial charge in [0, 0.05) is 23.0 Å². The Balaban J connectivity index is 1.51. The second kappa shape index (κ2) is 10.2. The number of ether oxygens (including phenoxy) is 2. The number of nitrogens with one attached hydrogen (secondary N) is 2. The number of piperidine rings is 1. The van der Waals surface area contributed by atoms with Gasteiger partial charge in [-0.25, -0.2) is 4.98 Å². The molecule has 0 saturated carbocycles. The van der Waals surface area contributed by atoms with Crippen molar-refractivity contribution in [3.8, 4) is 22.1 Å². The topological polar surface area (TPSA) is 111 Å². The first-order valence-electron chi connectivity index (χ1n) is 10.2. The zero-order valence-electron chi connectivity index (χ0n) is 17.7. The molecule has 1 amide bonds. The Morgan fingerprint density at radius 1 is 1.22 bits per heavy atom. The molecule has 0 bridgehead atoms. The van der Waals surface area contributed by atoms with E-state index in [-0.39, 0.29) is 5.91 Å². The summed E-state index contributed by atoms with van der Waals surface area (Å²) >= 11 is 7.29. The molecule has 9 nitrogen and oxygen atoms in total. The first kappa shape index (κ1) is 22.4. The van der Waals surface area contributed by atoms with Crippen molar-refractivity contribution in [2.45, 2.75) is 19.8 Å². The molecule has 2 N–H and O–H groups in total. The van der Waals surface area contributed by atoms with Crippen molar-refractivity contribution >= 4 is 34.0 Å². The maximum absolute atomic E-state index is 13.1. The van der Waals surface area contributed by atoms with E-state index in [1.165, 1.54) is 30.8 Å². The van der Waals surface area contributed by atoms with Crippen LogP contribution in [0.3, 0.4) is 0 Å². The van der Waals surface area contributed by atoms with Gasteiger partial charge in [0.1, 0.15) is 10.9 Å². The van der Waals surface area contributed by atoms with Crippen LogP contribution in [0.4, 0.5) is 5.13 Å². The zero-order valence-corrected chi connectivity index (χ0v) is 19.3. The molecular weight excluding hydrogens is 452 g/mol. The van der Waals surface area contributed by atoms with Crippen LogP contribution in [0.2, 0.25) is 5.15 Å². The average molecular weight is 475 g/mol. The summed E-state index contributed by atoms with van der Waals surface area (Å²) in [5.74, 6) is 0.628. The number of hydrogen-bond donors (Lipinski definition) is 2. The molecule has 3 aromatic rings. The Hall–Kier alpha value is -2.82. The summed E-state index contributed by atoms with van der Waals surface area (Å²) in [5, 5.41) is 15.3. The lowest BCUT2D eigenvalue weighted by Crippen LogP contribution is -2.30. The minimum Gasteiger partial charge on any atom is -0.494 e. The van der Waals surface area contributed by atoms with E-state index in [9.17, 15) is 4.79 Å². The van der Waals surface area contributed by atoms with Crippen molar-refractivity contribution in [2.75, 3.05) is 32.1 Å². The van der Waals surface area contributed by atoms with Crippen LogP contribution >= 0.6 is 22.9 Å². The van der Waals surface area contributed by atoms with Crippen molar-refractivity contribution < 1.29 is 14.3 Å². The van der Waals surface area contributed by atoms with Crippen molar-refractivity contribution in [3.05, 3.63) is 40.9 Å². The van der Waals surface area contributed by atoms with Gasteiger partial charge in [0.05, 0.1) is 25.5 Å². The molecule has 1 aliphatic rings. The first-order chi connectivity index (χ1) is 15.5. The van der Waals surface area contributed by atoms with Gasteiger partial charge in [-0.1, -0.05) is 16.7 Å². The quantitative estimate of drug-likeness (QED) is 0.500. The molecule has 4 rings (SSSR count). The molecule has 0 aliphatic carbocycles. The monoisotopic (exact) mass is 474 g/mol. The number of pyridine rings is 2. The second-order valence-corrected chi connectivity index (χ2v) is 8.74. The van der Waals surface area contributed by atoms with Crippen molar-refractivity contribution in [1.29, 1.82) is 0 Å². The highest BCUT2D eigenvalue weighted by Gasteiger charge is 2.20. The van der Waals surface area contributed by atoms with Crippen LogP contribution in [0, 0.1) is 12.8 Å². The standard InChI is InChI=1S/C21H23ClN6O3S/c1-12-7-14(15-8-18(22)25-10-17(15)30-2)16(9-24-12)19(29)26-20-27-28-21(32-20)31-11-13-3-5-23-6-4-13/h7-10,13,23H,3-6,11H2,1-2H3,(H,26,27,29). The number of aryl methyl sites for hydroxylation is 1. The third kappa shape index (κ3) is 5.32. The summed E-state index contributed by atoms with van der Waals surface area (Å²) in [6.07, 6.45) is 5.19. The number of hydrogen-bond acceptors (Lipinski definition) is 9. The molecule has 4 heterocycles. The smallest absolute Gasteiger partial charge is 0.295 e. The van der Waals surface area contributed by atoms with Crippen LogP contribution in [0.1, 0.15) is 28.9 Å². The molecule has 0 spiro atoms. The third-order valence-corrected chi connectivity index (χ3v) is 6.12.